The number of nitrogens with zero attached hydrogens (tertiary/aromatic N) is 3. The van der Waals surface area contributed by atoms with Gasteiger partial charge in [0.15, 0.2) is 0 Å². The Morgan fingerprint density at radius 1 is 1.17 bits per heavy atom. The molecule has 0 aliphatic carbocycles. The molecule has 1 fully saturated rings. The Morgan fingerprint density at radius 3 is 2.79 bits per heavy atom. The zero-order valence-corrected chi connectivity index (χ0v) is 15.1. The number of aromatic nitrogens is 2. The van der Waals surface area contributed by atoms with Gasteiger partial charge in [-0.3, -0.25) is 0 Å². The van der Waals surface area contributed by atoms with Crippen molar-refractivity contribution in [3.8, 4) is 0 Å². The van der Waals surface area contributed by atoms with E-state index in [2.05, 4.69) is 55.1 Å². The Bertz CT molecular complexity index is 841. The van der Waals surface area contributed by atoms with Crippen LogP contribution < -0.4 is 4.90 Å². The first-order chi connectivity index (χ1) is 11.7. The molecule has 1 aliphatic rings. The summed E-state index contributed by atoms with van der Waals surface area (Å²) in [5.74, 6) is 2.07. The lowest BCUT2D eigenvalue weighted by Gasteiger charge is -2.34. The summed E-state index contributed by atoms with van der Waals surface area (Å²) in [6.45, 7) is 5.59. The first-order valence-electron chi connectivity index (χ1n) is 8.78. The van der Waals surface area contributed by atoms with Gasteiger partial charge in [0.05, 0.1) is 5.39 Å². The number of aryl methyl sites for hydroxylation is 1. The summed E-state index contributed by atoms with van der Waals surface area (Å²) >= 11 is 1.78. The SMILES string of the molecule is Cc1cc2c(N3CCCCC3C)nc(Cc3ccccc3)nc2s1. The minimum atomic E-state index is 0.557. The lowest BCUT2D eigenvalue weighted by Crippen LogP contribution is -2.38. The third kappa shape index (κ3) is 3.03. The fraction of sp³-hybridized carbons (Fsp3) is 0.400. The van der Waals surface area contributed by atoms with Gasteiger partial charge in [-0.25, -0.2) is 9.97 Å². The molecular formula is C20H23N3S. The molecule has 4 heteroatoms. The van der Waals surface area contributed by atoms with E-state index in [0.717, 1.165) is 29.4 Å². The van der Waals surface area contributed by atoms with E-state index in [1.54, 1.807) is 11.3 Å². The van der Waals surface area contributed by atoms with E-state index in [1.165, 1.54) is 35.1 Å². The zero-order valence-electron chi connectivity index (χ0n) is 14.3. The second-order valence-electron chi connectivity index (χ2n) is 6.74. The van der Waals surface area contributed by atoms with Crippen LogP contribution >= 0.6 is 11.3 Å². The zero-order chi connectivity index (χ0) is 16.5. The number of piperidine rings is 1. The molecule has 0 saturated carbocycles. The van der Waals surface area contributed by atoms with Crippen LogP contribution in [0.2, 0.25) is 0 Å². The molecule has 3 heterocycles. The number of thiophene rings is 1. The second-order valence-corrected chi connectivity index (χ2v) is 7.97. The molecule has 4 rings (SSSR count). The third-order valence-electron chi connectivity index (χ3n) is 4.82. The van der Waals surface area contributed by atoms with E-state index in [1.807, 2.05) is 0 Å². The van der Waals surface area contributed by atoms with E-state index in [-0.39, 0.29) is 0 Å². The van der Waals surface area contributed by atoms with E-state index in [9.17, 15) is 0 Å². The monoisotopic (exact) mass is 337 g/mol. The molecule has 0 amide bonds. The van der Waals surface area contributed by atoms with Crippen molar-refractivity contribution in [1.29, 1.82) is 0 Å². The molecule has 1 aliphatic heterocycles. The lowest BCUT2D eigenvalue weighted by atomic mass is 10.0. The van der Waals surface area contributed by atoms with Gasteiger partial charge in [0, 0.05) is 23.9 Å². The molecule has 124 valence electrons. The van der Waals surface area contributed by atoms with Crippen LogP contribution in [0.4, 0.5) is 5.82 Å². The van der Waals surface area contributed by atoms with Crippen LogP contribution in [0.5, 0.6) is 0 Å². The third-order valence-corrected chi connectivity index (χ3v) is 5.77. The maximum absolute atomic E-state index is 5.01. The van der Waals surface area contributed by atoms with Crippen LogP contribution in [0.1, 0.15) is 42.5 Å². The minimum Gasteiger partial charge on any atom is -0.353 e. The number of anilines is 1. The highest BCUT2D eigenvalue weighted by molar-refractivity contribution is 7.18. The molecule has 24 heavy (non-hydrogen) atoms. The molecule has 0 N–H and O–H groups in total. The molecular weight excluding hydrogens is 314 g/mol. The smallest absolute Gasteiger partial charge is 0.141 e. The quantitative estimate of drug-likeness (QED) is 0.676. The molecule has 0 spiro atoms. The van der Waals surface area contributed by atoms with Gasteiger partial charge >= 0.3 is 0 Å². The average molecular weight is 337 g/mol. The van der Waals surface area contributed by atoms with Crippen molar-refractivity contribution in [3.63, 3.8) is 0 Å². The van der Waals surface area contributed by atoms with Crippen LogP contribution in [0.25, 0.3) is 10.2 Å². The summed E-state index contributed by atoms with van der Waals surface area (Å²) in [5, 5.41) is 1.23. The van der Waals surface area contributed by atoms with Crippen LogP contribution in [-0.4, -0.2) is 22.6 Å². The summed E-state index contributed by atoms with van der Waals surface area (Å²) in [7, 11) is 0. The standard InChI is InChI=1S/C20H23N3S/c1-14-8-6-7-11-23(14)19-17-12-15(2)24-20(17)22-18(21-19)13-16-9-4-3-5-10-16/h3-5,9-10,12,14H,6-8,11,13H2,1-2H3. The van der Waals surface area contributed by atoms with Gasteiger partial charge in [-0.2, -0.15) is 0 Å². The number of hydrogen-bond donors (Lipinski definition) is 0. The van der Waals surface area contributed by atoms with E-state index in [0.29, 0.717) is 6.04 Å². The molecule has 1 saturated heterocycles. The Hall–Kier alpha value is -1.94. The fourth-order valence-corrected chi connectivity index (χ4v) is 4.45. The number of fused-ring (bicyclic) bond motifs is 1. The van der Waals surface area contributed by atoms with Crippen LogP contribution in [-0.2, 0) is 6.42 Å². The van der Waals surface area contributed by atoms with Crippen molar-refractivity contribution in [2.75, 3.05) is 11.4 Å². The Balaban J connectivity index is 1.78. The maximum atomic E-state index is 5.01. The summed E-state index contributed by atoms with van der Waals surface area (Å²) in [4.78, 5) is 14.8. The number of benzene rings is 1. The molecule has 0 radical (unpaired) electrons. The predicted octanol–water partition coefficient (Wildman–Crippen LogP) is 4.97. The fourth-order valence-electron chi connectivity index (χ4n) is 3.56. The van der Waals surface area contributed by atoms with Crippen LogP contribution in [0.3, 0.4) is 0 Å². The van der Waals surface area contributed by atoms with Crippen LogP contribution in [0, 0.1) is 6.92 Å². The topological polar surface area (TPSA) is 29.0 Å². The molecule has 0 bridgehead atoms. The van der Waals surface area contributed by atoms with Crippen molar-refractivity contribution < 1.29 is 0 Å². The largest absolute Gasteiger partial charge is 0.353 e. The summed E-state index contributed by atoms with van der Waals surface area (Å²) in [6.07, 6.45) is 4.63. The van der Waals surface area contributed by atoms with Gasteiger partial charge in [0.2, 0.25) is 0 Å². The molecule has 1 aromatic carbocycles. The summed E-state index contributed by atoms with van der Waals surface area (Å²) in [6, 6.07) is 13.3. The number of hydrogen-bond acceptors (Lipinski definition) is 4. The predicted molar refractivity (Wildman–Crippen MR) is 102 cm³/mol. The highest BCUT2D eigenvalue weighted by Crippen LogP contribution is 2.34. The summed E-state index contributed by atoms with van der Waals surface area (Å²) in [5.41, 5.74) is 1.27. The van der Waals surface area contributed by atoms with Crippen molar-refractivity contribution in [1.82, 2.24) is 9.97 Å². The van der Waals surface area contributed by atoms with Crippen LogP contribution in [0.15, 0.2) is 36.4 Å². The van der Waals surface area contributed by atoms with Crippen molar-refractivity contribution >= 4 is 27.4 Å². The average Bonchev–Trinajstić information content (AvgIpc) is 2.96. The van der Waals surface area contributed by atoms with Gasteiger partial charge in [-0.1, -0.05) is 30.3 Å². The Labute approximate surface area is 147 Å². The number of rotatable bonds is 3. The van der Waals surface area contributed by atoms with Gasteiger partial charge in [0.25, 0.3) is 0 Å². The van der Waals surface area contributed by atoms with E-state index < -0.39 is 0 Å². The minimum absolute atomic E-state index is 0.557. The van der Waals surface area contributed by atoms with Gasteiger partial charge < -0.3 is 4.90 Å². The molecule has 3 nitrogen and oxygen atoms in total. The van der Waals surface area contributed by atoms with Gasteiger partial charge in [-0.05, 0) is 44.7 Å². The van der Waals surface area contributed by atoms with Crippen molar-refractivity contribution in [3.05, 3.63) is 52.7 Å². The Morgan fingerprint density at radius 2 is 2.00 bits per heavy atom. The normalized spacial score (nSPS) is 18.2. The molecule has 1 unspecified atom stereocenters. The molecule has 2 aromatic heterocycles. The molecule has 1 atom stereocenters. The highest BCUT2D eigenvalue weighted by Gasteiger charge is 2.23. The van der Waals surface area contributed by atoms with Crippen molar-refractivity contribution in [2.45, 2.75) is 45.6 Å². The first-order valence-corrected chi connectivity index (χ1v) is 9.60. The first kappa shape index (κ1) is 15.6. The van der Waals surface area contributed by atoms with Gasteiger partial charge in [-0.15, -0.1) is 11.3 Å². The highest BCUT2D eigenvalue weighted by atomic mass is 32.1. The van der Waals surface area contributed by atoms with Crippen molar-refractivity contribution in [2.24, 2.45) is 0 Å². The van der Waals surface area contributed by atoms with Gasteiger partial charge in [0.1, 0.15) is 16.5 Å². The Kier molecular flexibility index (Phi) is 4.23. The van der Waals surface area contributed by atoms with E-state index in [4.69, 9.17) is 9.97 Å². The summed E-state index contributed by atoms with van der Waals surface area (Å²) < 4.78 is 0. The second kappa shape index (κ2) is 6.52. The molecule has 3 aromatic rings. The lowest BCUT2D eigenvalue weighted by molar-refractivity contribution is 0.482. The maximum Gasteiger partial charge on any atom is 0.141 e. The van der Waals surface area contributed by atoms with E-state index >= 15 is 0 Å².